The van der Waals surface area contributed by atoms with Crippen molar-refractivity contribution in [1.82, 2.24) is 10.3 Å². The van der Waals surface area contributed by atoms with E-state index in [4.69, 9.17) is 5.26 Å². The summed E-state index contributed by atoms with van der Waals surface area (Å²) >= 11 is 0. The Hall–Kier alpha value is -1.60. The van der Waals surface area contributed by atoms with Crippen LogP contribution in [0.15, 0.2) is 18.3 Å². The van der Waals surface area contributed by atoms with E-state index in [0.717, 1.165) is 37.7 Å². The Morgan fingerprint density at radius 3 is 3.29 bits per heavy atom. The van der Waals surface area contributed by atoms with Crippen LogP contribution >= 0.6 is 0 Å². The van der Waals surface area contributed by atoms with E-state index in [1.54, 1.807) is 6.20 Å². The molecular weight excluding hydrogens is 212 g/mol. The van der Waals surface area contributed by atoms with E-state index in [1.165, 1.54) is 12.8 Å². The van der Waals surface area contributed by atoms with Gasteiger partial charge in [0.2, 0.25) is 0 Å². The Morgan fingerprint density at radius 1 is 1.59 bits per heavy atom. The minimum Gasteiger partial charge on any atom is -0.383 e. The van der Waals surface area contributed by atoms with E-state index in [9.17, 15) is 0 Å². The van der Waals surface area contributed by atoms with E-state index < -0.39 is 0 Å². The molecule has 90 valence electrons. The van der Waals surface area contributed by atoms with Gasteiger partial charge in [-0.05, 0) is 50.4 Å². The largest absolute Gasteiger partial charge is 0.383 e. The molecule has 0 radical (unpaired) electrons. The molecule has 0 spiro atoms. The molecule has 0 amide bonds. The van der Waals surface area contributed by atoms with Crippen LogP contribution in [-0.2, 0) is 0 Å². The predicted octanol–water partition coefficient (Wildman–Crippen LogP) is 1.75. The van der Waals surface area contributed by atoms with Crippen LogP contribution in [0.1, 0.15) is 25.0 Å². The predicted molar refractivity (Wildman–Crippen MR) is 67.7 cm³/mol. The smallest absolute Gasteiger partial charge is 0.163 e. The van der Waals surface area contributed by atoms with Gasteiger partial charge in [-0.2, -0.15) is 5.26 Å². The minimum absolute atomic E-state index is 0.481. The maximum absolute atomic E-state index is 8.90. The van der Waals surface area contributed by atoms with Gasteiger partial charge in [-0.1, -0.05) is 0 Å². The maximum Gasteiger partial charge on any atom is 0.163 e. The van der Waals surface area contributed by atoms with Crippen molar-refractivity contribution in [2.75, 3.05) is 25.0 Å². The molecule has 17 heavy (non-hydrogen) atoms. The lowest BCUT2D eigenvalue weighted by Gasteiger charge is -2.22. The zero-order valence-corrected chi connectivity index (χ0v) is 9.95. The molecule has 1 unspecified atom stereocenters. The summed E-state index contributed by atoms with van der Waals surface area (Å²) < 4.78 is 0. The molecule has 2 heterocycles. The van der Waals surface area contributed by atoms with Gasteiger partial charge < -0.3 is 10.6 Å². The molecule has 0 saturated carbocycles. The van der Waals surface area contributed by atoms with Crippen molar-refractivity contribution in [2.45, 2.75) is 19.3 Å². The maximum atomic E-state index is 8.90. The average Bonchev–Trinajstić information content (AvgIpc) is 2.40. The molecule has 1 aliphatic rings. The van der Waals surface area contributed by atoms with Crippen molar-refractivity contribution < 1.29 is 0 Å². The summed E-state index contributed by atoms with van der Waals surface area (Å²) in [6.45, 7) is 3.19. The highest BCUT2D eigenvalue weighted by Gasteiger charge is 2.12. The zero-order valence-electron chi connectivity index (χ0n) is 9.95. The van der Waals surface area contributed by atoms with E-state index in [-0.39, 0.29) is 0 Å². The summed E-state index contributed by atoms with van der Waals surface area (Å²) in [5, 5.41) is 15.6. The molecule has 1 aliphatic heterocycles. The van der Waals surface area contributed by atoms with Crippen molar-refractivity contribution >= 4 is 5.69 Å². The fraction of sp³-hybridized carbons (Fsp3) is 0.538. The molecule has 1 aromatic rings. The number of anilines is 1. The highest BCUT2D eigenvalue weighted by atomic mass is 14.9. The number of nitrogens with one attached hydrogen (secondary N) is 2. The minimum atomic E-state index is 0.481. The van der Waals surface area contributed by atoms with E-state index in [1.807, 2.05) is 12.1 Å². The second kappa shape index (κ2) is 6.21. The van der Waals surface area contributed by atoms with Crippen molar-refractivity contribution in [3.63, 3.8) is 0 Å². The molecular formula is C13H18N4. The second-order valence-corrected chi connectivity index (χ2v) is 4.44. The Bertz CT molecular complexity index is 391. The molecule has 1 aromatic heterocycles. The molecule has 4 heteroatoms. The van der Waals surface area contributed by atoms with Gasteiger partial charge in [0, 0.05) is 12.7 Å². The lowest BCUT2D eigenvalue weighted by molar-refractivity contribution is 0.364. The molecule has 4 nitrogen and oxygen atoms in total. The first-order chi connectivity index (χ1) is 8.40. The fourth-order valence-corrected chi connectivity index (χ4v) is 2.22. The number of hydrogen-bond donors (Lipinski definition) is 2. The Balaban J connectivity index is 1.79. The van der Waals surface area contributed by atoms with Crippen molar-refractivity contribution in [3.8, 4) is 6.07 Å². The highest BCUT2D eigenvalue weighted by Crippen LogP contribution is 2.15. The molecule has 1 atom stereocenters. The van der Waals surface area contributed by atoms with Crippen molar-refractivity contribution in [1.29, 1.82) is 5.26 Å². The lowest BCUT2D eigenvalue weighted by Crippen LogP contribution is -2.30. The first-order valence-corrected chi connectivity index (χ1v) is 6.20. The Labute approximate surface area is 102 Å². The quantitative estimate of drug-likeness (QED) is 0.827. The second-order valence-electron chi connectivity index (χ2n) is 4.44. The van der Waals surface area contributed by atoms with Crippen LogP contribution in [0.3, 0.4) is 0 Å². The van der Waals surface area contributed by atoms with Gasteiger partial charge in [0.1, 0.15) is 6.07 Å². The SMILES string of the molecule is N#Cc1ncccc1NCCC1CCCNC1. The molecule has 2 rings (SSSR count). The first-order valence-electron chi connectivity index (χ1n) is 6.20. The molecule has 1 fully saturated rings. The van der Waals surface area contributed by atoms with Gasteiger partial charge >= 0.3 is 0 Å². The lowest BCUT2D eigenvalue weighted by atomic mass is 9.96. The van der Waals surface area contributed by atoms with Gasteiger partial charge in [-0.25, -0.2) is 4.98 Å². The van der Waals surface area contributed by atoms with Crippen LogP contribution in [0.25, 0.3) is 0 Å². The topological polar surface area (TPSA) is 60.7 Å². The number of rotatable bonds is 4. The molecule has 2 N–H and O–H groups in total. The fourth-order valence-electron chi connectivity index (χ4n) is 2.22. The monoisotopic (exact) mass is 230 g/mol. The third-order valence-electron chi connectivity index (χ3n) is 3.18. The van der Waals surface area contributed by atoms with E-state index in [0.29, 0.717) is 5.69 Å². The van der Waals surface area contributed by atoms with Gasteiger partial charge in [0.05, 0.1) is 5.69 Å². The van der Waals surface area contributed by atoms with Crippen LogP contribution in [0.4, 0.5) is 5.69 Å². The number of piperidine rings is 1. The zero-order chi connectivity index (χ0) is 11.9. The third-order valence-corrected chi connectivity index (χ3v) is 3.18. The highest BCUT2D eigenvalue weighted by molar-refractivity contribution is 5.53. The summed E-state index contributed by atoms with van der Waals surface area (Å²) in [6, 6.07) is 5.86. The number of aromatic nitrogens is 1. The summed E-state index contributed by atoms with van der Waals surface area (Å²) in [5.74, 6) is 0.762. The number of hydrogen-bond acceptors (Lipinski definition) is 4. The van der Waals surface area contributed by atoms with Crippen molar-refractivity contribution in [3.05, 3.63) is 24.0 Å². The molecule has 0 aliphatic carbocycles. The molecule has 0 aromatic carbocycles. The van der Waals surface area contributed by atoms with Crippen LogP contribution in [0.2, 0.25) is 0 Å². The van der Waals surface area contributed by atoms with Gasteiger partial charge in [0.25, 0.3) is 0 Å². The Kier molecular flexibility index (Phi) is 4.34. The van der Waals surface area contributed by atoms with E-state index in [2.05, 4.69) is 21.7 Å². The summed E-state index contributed by atoms with van der Waals surface area (Å²) in [7, 11) is 0. The van der Waals surface area contributed by atoms with Gasteiger partial charge in [-0.15, -0.1) is 0 Å². The number of nitrogens with zero attached hydrogens (tertiary/aromatic N) is 2. The number of pyridine rings is 1. The summed E-state index contributed by atoms with van der Waals surface area (Å²) in [5.41, 5.74) is 1.33. The van der Waals surface area contributed by atoms with Crippen LogP contribution < -0.4 is 10.6 Å². The van der Waals surface area contributed by atoms with Crippen molar-refractivity contribution in [2.24, 2.45) is 5.92 Å². The average molecular weight is 230 g/mol. The normalized spacial score (nSPS) is 19.6. The molecule has 1 saturated heterocycles. The standard InChI is InChI=1S/C13H18N4/c14-9-13-12(4-2-7-16-13)17-8-5-11-3-1-6-15-10-11/h2,4,7,11,15,17H,1,3,5-6,8,10H2. The van der Waals surface area contributed by atoms with E-state index >= 15 is 0 Å². The van der Waals surface area contributed by atoms with Gasteiger partial charge in [-0.3, -0.25) is 0 Å². The van der Waals surface area contributed by atoms with Crippen LogP contribution in [0, 0.1) is 17.2 Å². The first kappa shape index (κ1) is 11.9. The third kappa shape index (κ3) is 3.43. The van der Waals surface area contributed by atoms with Gasteiger partial charge in [0.15, 0.2) is 5.69 Å². The van der Waals surface area contributed by atoms with Crippen LogP contribution in [0.5, 0.6) is 0 Å². The summed E-state index contributed by atoms with van der Waals surface area (Å²) in [4.78, 5) is 4.03. The van der Waals surface area contributed by atoms with Crippen LogP contribution in [-0.4, -0.2) is 24.6 Å². The summed E-state index contributed by atoms with van der Waals surface area (Å²) in [6.07, 6.45) is 5.38. The molecule has 0 bridgehead atoms. The number of nitriles is 1. The Morgan fingerprint density at radius 2 is 2.53 bits per heavy atom.